The molecule has 0 aromatic heterocycles. The zero-order valence-electron chi connectivity index (χ0n) is 11.2. The number of ether oxygens (including phenoxy) is 1. The van der Waals surface area contributed by atoms with E-state index in [9.17, 15) is 0 Å². The Bertz CT molecular complexity index is 364. The predicted molar refractivity (Wildman–Crippen MR) is 77.7 cm³/mol. The van der Waals surface area contributed by atoms with Gasteiger partial charge in [0.1, 0.15) is 12.4 Å². The monoisotopic (exact) mass is 270 g/mol. The third-order valence-corrected chi connectivity index (χ3v) is 3.37. The molecule has 0 saturated carbocycles. The van der Waals surface area contributed by atoms with E-state index in [0.29, 0.717) is 6.04 Å². The van der Waals surface area contributed by atoms with Crippen molar-refractivity contribution < 1.29 is 4.74 Å². The van der Waals surface area contributed by atoms with E-state index in [1.807, 2.05) is 0 Å². The van der Waals surface area contributed by atoms with Crippen molar-refractivity contribution >= 4 is 12.4 Å². The maximum Gasteiger partial charge on any atom is 0.125 e. The van der Waals surface area contributed by atoms with Crippen molar-refractivity contribution in [2.45, 2.75) is 26.3 Å². The highest BCUT2D eigenvalue weighted by Crippen LogP contribution is 2.22. The number of para-hydroxylation sites is 1. The number of halogens is 1. The van der Waals surface area contributed by atoms with E-state index in [0.717, 1.165) is 38.4 Å². The molecule has 18 heavy (non-hydrogen) atoms. The summed E-state index contributed by atoms with van der Waals surface area (Å²) < 4.78 is 5.88. The number of nitrogens with zero attached hydrogens (tertiary/aromatic N) is 1. The molecule has 102 valence electrons. The van der Waals surface area contributed by atoms with Gasteiger partial charge in [0, 0.05) is 19.1 Å². The van der Waals surface area contributed by atoms with Gasteiger partial charge >= 0.3 is 0 Å². The molecule has 0 amide bonds. The number of nitrogens with two attached hydrogens (primary N) is 1. The lowest BCUT2D eigenvalue weighted by atomic mass is 10.1. The first kappa shape index (κ1) is 15.3. The Morgan fingerprint density at radius 2 is 2.00 bits per heavy atom. The normalized spacial score (nSPS) is 19.6. The summed E-state index contributed by atoms with van der Waals surface area (Å²) in [6.07, 6.45) is 1.11. The molecule has 0 bridgehead atoms. The van der Waals surface area contributed by atoms with E-state index in [1.54, 1.807) is 0 Å². The first-order chi connectivity index (χ1) is 8.16. The van der Waals surface area contributed by atoms with Crippen LogP contribution < -0.4 is 10.5 Å². The first-order valence-corrected chi connectivity index (χ1v) is 6.34. The van der Waals surface area contributed by atoms with Crippen molar-refractivity contribution in [2.24, 2.45) is 5.73 Å². The van der Waals surface area contributed by atoms with Crippen LogP contribution >= 0.6 is 12.4 Å². The Labute approximate surface area is 116 Å². The van der Waals surface area contributed by atoms with Crippen LogP contribution in [0.15, 0.2) is 18.2 Å². The Morgan fingerprint density at radius 1 is 1.33 bits per heavy atom. The van der Waals surface area contributed by atoms with Crippen LogP contribution in [0.4, 0.5) is 0 Å². The Hall–Kier alpha value is -0.770. The maximum atomic E-state index is 5.88. The fourth-order valence-electron chi connectivity index (χ4n) is 2.37. The standard InChI is InChI=1S/C14H22N2O.ClH/c1-11-4-3-5-12(2)14(11)17-9-8-16-7-6-13(15)10-16;/h3-5,13H,6-10,15H2,1-2H3;1H/t13-;/m0./s1. The number of rotatable bonds is 4. The van der Waals surface area contributed by atoms with Crippen LogP contribution in [-0.4, -0.2) is 37.2 Å². The maximum absolute atomic E-state index is 5.88. The van der Waals surface area contributed by atoms with E-state index in [4.69, 9.17) is 10.5 Å². The number of likely N-dealkylation sites (tertiary alicyclic amines) is 1. The molecule has 0 spiro atoms. The highest BCUT2D eigenvalue weighted by atomic mass is 35.5. The number of aryl methyl sites for hydroxylation is 2. The van der Waals surface area contributed by atoms with E-state index in [2.05, 4.69) is 36.9 Å². The predicted octanol–water partition coefficient (Wildman–Crippen LogP) is 2.14. The topological polar surface area (TPSA) is 38.5 Å². The summed E-state index contributed by atoms with van der Waals surface area (Å²) in [5, 5.41) is 0. The van der Waals surface area contributed by atoms with Crippen LogP contribution in [0, 0.1) is 13.8 Å². The second-order valence-corrected chi connectivity index (χ2v) is 4.92. The zero-order chi connectivity index (χ0) is 12.3. The molecule has 2 N–H and O–H groups in total. The molecule has 1 fully saturated rings. The van der Waals surface area contributed by atoms with Crippen molar-refractivity contribution in [2.75, 3.05) is 26.2 Å². The summed E-state index contributed by atoms with van der Waals surface area (Å²) in [4.78, 5) is 2.37. The minimum absolute atomic E-state index is 0. The van der Waals surface area contributed by atoms with Gasteiger partial charge in [-0.15, -0.1) is 12.4 Å². The molecule has 1 aliphatic rings. The average Bonchev–Trinajstić information content (AvgIpc) is 2.69. The van der Waals surface area contributed by atoms with Crippen LogP contribution in [0.5, 0.6) is 5.75 Å². The van der Waals surface area contributed by atoms with Gasteiger partial charge in [-0.05, 0) is 37.9 Å². The summed E-state index contributed by atoms with van der Waals surface area (Å²) in [6.45, 7) is 8.02. The molecule has 0 radical (unpaired) electrons. The van der Waals surface area contributed by atoms with Crippen LogP contribution in [0.2, 0.25) is 0 Å². The molecule has 1 aromatic rings. The van der Waals surface area contributed by atoms with Gasteiger partial charge in [0.25, 0.3) is 0 Å². The molecule has 1 heterocycles. The summed E-state index contributed by atoms with van der Waals surface area (Å²) in [7, 11) is 0. The average molecular weight is 271 g/mol. The number of hydrogen-bond donors (Lipinski definition) is 1. The van der Waals surface area contributed by atoms with Crippen molar-refractivity contribution in [3.63, 3.8) is 0 Å². The largest absolute Gasteiger partial charge is 0.492 e. The van der Waals surface area contributed by atoms with E-state index in [-0.39, 0.29) is 12.4 Å². The first-order valence-electron chi connectivity index (χ1n) is 6.34. The second-order valence-electron chi connectivity index (χ2n) is 4.92. The van der Waals surface area contributed by atoms with Gasteiger partial charge in [0.15, 0.2) is 0 Å². The third-order valence-electron chi connectivity index (χ3n) is 3.37. The van der Waals surface area contributed by atoms with Crippen molar-refractivity contribution in [1.82, 2.24) is 4.90 Å². The van der Waals surface area contributed by atoms with E-state index < -0.39 is 0 Å². The molecular weight excluding hydrogens is 248 g/mol. The zero-order valence-corrected chi connectivity index (χ0v) is 12.0. The van der Waals surface area contributed by atoms with Crippen LogP contribution in [0.3, 0.4) is 0 Å². The summed E-state index contributed by atoms with van der Waals surface area (Å²) in [5.74, 6) is 1.04. The quantitative estimate of drug-likeness (QED) is 0.911. The smallest absolute Gasteiger partial charge is 0.125 e. The summed E-state index contributed by atoms with van der Waals surface area (Å²) in [5.41, 5.74) is 8.30. The molecule has 1 aromatic carbocycles. The van der Waals surface area contributed by atoms with Crippen LogP contribution in [0.25, 0.3) is 0 Å². The van der Waals surface area contributed by atoms with E-state index >= 15 is 0 Å². The number of hydrogen-bond acceptors (Lipinski definition) is 3. The van der Waals surface area contributed by atoms with Crippen molar-refractivity contribution in [1.29, 1.82) is 0 Å². The minimum Gasteiger partial charge on any atom is -0.492 e. The molecule has 3 nitrogen and oxygen atoms in total. The van der Waals surface area contributed by atoms with Crippen LogP contribution in [0.1, 0.15) is 17.5 Å². The second kappa shape index (κ2) is 6.98. The minimum atomic E-state index is 0. The lowest BCUT2D eigenvalue weighted by Gasteiger charge is -2.17. The Kier molecular flexibility index (Phi) is 5.93. The van der Waals surface area contributed by atoms with Crippen molar-refractivity contribution in [3.8, 4) is 5.75 Å². The highest BCUT2D eigenvalue weighted by molar-refractivity contribution is 5.85. The van der Waals surface area contributed by atoms with Gasteiger partial charge in [0.05, 0.1) is 0 Å². The summed E-state index contributed by atoms with van der Waals surface area (Å²) in [6, 6.07) is 6.61. The Balaban J connectivity index is 0.00000162. The summed E-state index contributed by atoms with van der Waals surface area (Å²) >= 11 is 0. The van der Waals surface area contributed by atoms with Gasteiger partial charge in [0.2, 0.25) is 0 Å². The van der Waals surface area contributed by atoms with Gasteiger partial charge in [-0.25, -0.2) is 0 Å². The van der Waals surface area contributed by atoms with Gasteiger partial charge in [-0.1, -0.05) is 18.2 Å². The van der Waals surface area contributed by atoms with Crippen molar-refractivity contribution in [3.05, 3.63) is 29.3 Å². The van der Waals surface area contributed by atoms with Crippen LogP contribution in [-0.2, 0) is 0 Å². The fourth-order valence-corrected chi connectivity index (χ4v) is 2.37. The molecule has 1 aliphatic heterocycles. The molecule has 1 saturated heterocycles. The lowest BCUT2D eigenvalue weighted by Crippen LogP contribution is -2.29. The molecule has 0 aliphatic carbocycles. The van der Waals surface area contributed by atoms with E-state index in [1.165, 1.54) is 11.1 Å². The Morgan fingerprint density at radius 3 is 2.56 bits per heavy atom. The lowest BCUT2D eigenvalue weighted by molar-refractivity contribution is 0.234. The fraction of sp³-hybridized carbons (Fsp3) is 0.571. The molecule has 2 rings (SSSR count). The van der Waals surface area contributed by atoms with Gasteiger partial charge in [-0.2, -0.15) is 0 Å². The molecular formula is C14H23ClN2O. The number of benzene rings is 1. The molecule has 0 unspecified atom stereocenters. The SMILES string of the molecule is Cc1cccc(C)c1OCCN1CC[C@H](N)C1.Cl. The van der Waals surface area contributed by atoms with Gasteiger partial charge < -0.3 is 10.5 Å². The third kappa shape index (κ3) is 3.87. The highest BCUT2D eigenvalue weighted by Gasteiger charge is 2.18. The molecule has 4 heteroatoms. The van der Waals surface area contributed by atoms with Gasteiger partial charge in [-0.3, -0.25) is 4.90 Å². The molecule has 1 atom stereocenters.